The molecule has 19 heavy (non-hydrogen) atoms. The van der Waals surface area contributed by atoms with Crippen molar-refractivity contribution < 1.29 is 24.2 Å². The van der Waals surface area contributed by atoms with Crippen LogP contribution in [-0.2, 0) is 14.3 Å². The van der Waals surface area contributed by atoms with Crippen LogP contribution in [0.25, 0.3) is 0 Å². The molecule has 2 aliphatic rings. The van der Waals surface area contributed by atoms with Crippen LogP contribution in [0.15, 0.2) is 0 Å². The molecule has 2 fully saturated rings. The summed E-state index contributed by atoms with van der Waals surface area (Å²) in [5.41, 5.74) is -1.19. The zero-order valence-electron chi connectivity index (χ0n) is 11.0. The summed E-state index contributed by atoms with van der Waals surface area (Å²) >= 11 is 0. The largest absolute Gasteiger partial charge is 0.480 e. The number of rotatable bonds is 5. The van der Waals surface area contributed by atoms with Crippen LogP contribution in [0.1, 0.15) is 19.8 Å². The smallest absolute Gasteiger partial charge is 0.329 e. The maximum Gasteiger partial charge on any atom is 0.329 e. The Bertz CT molecular complexity index is 352. The zero-order chi connectivity index (χ0) is 13.9. The number of carbonyl (C=O) groups excluding carboxylic acids is 1. The Balaban J connectivity index is 1.77. The Morgan fingerprint density at radius 2 is 2.11 bits per heavy atom. The van der Waals surface area contributed by atoms with Gasteiger partial charge in [-0.15, -0.1) is 0 Å². The number of ether oxygens (including phenoxy) is 2. The van der Waals surface area contributed by atoms with Gasteiger partial charge in [0.2, 0.25) is 0 Å². The lowest BCUT2D eigenvalue weighted by molar-refractivity contribution is -0.144. The van der Waals surface area contributed by atoms with E-state index in [0.717, 1.165) is 12.8 Å². The van der Waals surface area contributed by atoms with Crippen LogP contribution in [0.3, 0.4) is 0 Å². The highest BCUT2D eigenvalue weighted by atomic mass is 16.6. The van der Waals surface area contributed by atoms with Gasteiger partial charge in [-0.1, -0.05) is 0 Å². The standard InChI is InChI=1S/C12H20N2O5/c1-12(10(15)16,8-2-3-8)14-11(17)13-6-9-7-18-4-5-19-9/h8-9H,2-7H2,1H3,(H,15,16)(H2,13,14,17). The second-order valence-electron chi connectivity index (χ2n) is 5.18. The molecular weight excluding hydrogens is 252 g/mol. The van der Waals surface area contributed by atoms with E-state index in [1.165, 1.54) is 0 Å². The molecule has 108 valence electrons. The van der Waals surface area contributed by atoms with Gasteiger partial charge >= 0.3 is 12.0 Å². The van der Waals surface area contributed by atoms with E-state index in [9.17, 15) is 14.7 Å². The third-order valence-corrected chi connectivity index (χ3v) is 3.59. The lowest BCUT2D eigenvalue weighted by atomic mass is 9.96. The number of nitrogens with one attached hydrogen (secondary N) is 2. The Morgan fingerprint density at radius 3 is 2.63 bits per heavy atom. The third-order valence-electron chi connectivity index (χ3n) is 3.59. The average molecular weight is 272 g/mol. The number of amides is 2. The van der Waals surface area contributed by atoms with Crippen LogP contribution in [0.5, 0.6) is 0 Å². The SMILES string of the molecule is CC(NC(=O)NCC1COCCO1)(C(=O)O)C1CC1. The Hall–Kier alpha value is -1.34. The van der Waals surface area contributed by atoms with Gasteiger partial charge < -0.3 is 25.2 Å². The number of carboxylic acids is 1. The van der Waals surface area contributed by atoms with Crippen LogP contribution in [0.4, 0.5) is 4.79 Å². The Morgan fingerprint density at radius 1 is 1.37 bits per heavy atom. The summed E-state index contributed by atoms with van der Waals surface area (Å²) in [4.78, 5) is 23.0. The van der Waals surface area contributed by atoms with E-state index in [2.05, 4.69) is 10.6 Å². The molecule has 0 aromatic carbocycles. The molecule has 2 rings (SSSR count). The molecule has 7 nitrogen and oxygen atoms in total. The van der Waals surface area contributed by atoms with Gasteiger partial charge in [0.05, 0.1) is 25.9 Å². The molecule has 2 atom stereocenters. The number of carbonyl (C=O) groups is 2. The van der Waals surface area contributed by atoms with E-state index in [4.69, 9.17) is 9.47 Å². The normalized spacial score (nSPS) is 26.3. The first kappa shape index (κ1) is 14.1. The van der Waals surface area contributed by atoms with Crippen molar-refractivity contribution in [3.8, 4) is 0 Å². The van der Waals surface area contributed by atoms with E-state index < -0.39 is 17.5 Å². The highest BCUT2D eigenvalue weighted by Gasteiger charge is 2.48. The van der Waals surface area contributed by atoms with E-state index in [1.807, 2.05) is 0 Å². The topological polar surface area (TPSA) is 96.9 Å². The van der Waals surface area contributed by atoms with Crippen molar-refractivity contribution in [1.29, 1.82) is 0 Å². The minimum absolute atomic E-state index is 0.0185. The Labute approximate surface area is 111 Å². The summed E-state index contributed by atoms with van der Waals surface area (Å²) < 4.78 is 10.6. The summed E-state index contributed by atoms with van der Waals surface area (Å²) in [5, 5.41) is 14.4. The van der Waals surface area contributed by atoms with Crippen molar-refractivity contribution in [2.75, 3.05) is 26.4 Å². The van der Waals surface area contributed by atoms with Gasteiger partial charge in [-0.05, 0) is 25.7 Å². The number of carboxylic acid groups (broad SMARTS) is 1. The van der Waals surface area contributed by atoms with Gasteiger partial charge in [-0.2, -0.15) is 0 Å². The predicted molar refractivity (Wildman–Crippen MR) is 65.9 cm³/mol. The van der Waals surface area contributed by atoms with Crippen LogP contribution in [0, 0.1) is 5.92 Å². The minimum atomic E-state index is -1.19. The molecule has 0 bridgehead atoms. The van der Waals surface area contributed by atoms with Crippen molar-refractivity contribution in [1.82, 2.24) is 10.6 Å². The number of hydrogen-bond donors (Lipinski definition) is 3. The van der Waals surface area contributed by atoms with E-state index in [-0.39, 0.29) is 12.0 Å². The van der Waals surface area contributed by atoms with Crippen LogP contribution >= 0.6 is 0 Å². The quantitative estimate of drug-likeness (QED) is 0.652. The van der Waals surface area contributed by atoms with Crippen molar-refractivity contribution in [2.45, 2.75) is 31.4 Å². The van der Waals surface area contributed by atoms with Gasteiger partial charge in [0, 0.05) is 6.54 Å². The second kappa shape index (κ2) is 5.75. The van der Waals surface area contributed by atoms with Gasteiger partial charge in [-0.3, -0.25) is 0 Å². The number of aliphatic carboxylic acids is 1. The average Bonchev–Trinajstić information content (AvgIpc) is 3.22. The summed E-state index contributed by atoms with van der Waals surface area (Å²) in [5.74, 6) is -0.979. The molecule has 1 saturated heterocycles. The fourth-order valence-corrected chi connectivity index (χ4v) is 2.13. The number of hydrogen-bond acceptors (Lipinski definition) is 4. The fraction of sp³-hybridized carbons (Fsp3) is 0.833. The first-order valence-electron chi connectivity index (χ1n) is 6.51. The summed E-state index contributed by atoms with van der Waals surface area (Å²) in [6, 6.07) is -0.481. The Kier molecular flexibility index (Phi) is 4.26. The fourth-order valence-electron chi connectivity index (χ4n) is 2.13. The lowest BCUT2D eigenvalue weighted by Crippen LogP contribution is -2.57. The molecule has 0 radical (unpaired) electrons. The molecule has 2 amide bonds. The van der Waals surface area contributed by atoms with Crippen molar-refractivity contribution >= 4 is 12.0 Å². The molecule has 0 aromatic heterocycles. The maximum atomic E-state index is 11.8. The molecule has 0 spiro atoms. The van der Waals surface area contributed by atoms with E-state index >= 15 is 0 Å². The molecule has 0 aromatic rings. The van der Waals surface area contributed by atoms with Crippen molar-refractivity contribution in [3.05, 3.63) is 0 Å². The van der Waals surface area contributed by atoms with Crippen LogP contribution < -0.4 is 10.6 Å². The molecule has 3 N–H and O–H groups in total. The van der Waals surface area contributed by atoms with Crippen LogP contribution in [-0.4, -0.2) is 55.1 Å². The minimum Gasteiger partial charge on any atom is -0.480 e. The van der Waals surface area contributed by atoms with Gasteiger partial charge in [-0.25, -0.2) is 9.59 Å². The first-order chi connectivity index (χ1) is 9.02. The van der Waals surface area contributed by atoms with Gasteiger partial charge in [0.1, 0.15) is 5.54 Å². The van der Waals surface area contributed by atoms with Gasteiger partial charge in [0.25, 0.3) is 0 Å². The third kappa shape index (κ3) is 3.57. The van der Waals surface area contributed by atoms with E-state index in [0.29, 0.717) is 26.4 Å². The van der Waals surface area contributed by atoms with Gasteiger partial charge in [0.15, 0.2) is 0 Å². The second-order valence-corrected chi connectivity index (χ2v) is 5.18. The number of urea groups is 1. The van der Waals surface area contributed by atoms with Crippen LogP contribution in [0.2, 0.25) is 0 Å². The molecule has 2 unspecified atom stereocenters. The molecule has 1 heterocycles. The summed E-state index contributed by atoms with van der Waals surface area (Å²) in [6.45, 7) is 3.39. The maximum absolute atomic E-state index is 11.8. The van der Waals surface area contributed by atoms with Crippen molar-refractivity contribution in [3.63, 3.8) is 0 Å². The predicted octanol–water partition coefficient (Wildman–Crippen LogP) is -0.0457. The molecule has 1 saturated carbocycles. The molecular formula is C12H20N2O5. The summed E-state index contributed by atoms with van der Waals surface area (Å²) in [6.07, 6.45) is 1.50. The highest BCUT2D eigenvalue weighted by Crippen LogP contribution is 2.39. The van der Waals surface area contributed by atoms with Crippen molar-refractivity contribution in [2.24, 2.45) is 5.92 Å². The molecule has 7 heteroatoms. The monoisotopic (exact) mass is 272 g/mol. The zero-order valence-corrected chi connectivity index (χ0v) is 11.0. The lowest BCUT2D eigenvalue weighted by Gasteiger charge is -2.27. The molecule has 1 aliphatic heterocycles. The first-order valence-corrected chi connectivity index (χ1v) is 6.51. The molecule has 1 aliphatic carbocycles. The highest BCUT2D eigenvalue weighted by molar-refractivity contribution is 5.86. The van der Waals surface area contributed by atoms with E-state index in [1.54, 1.807) is 6.92 Å². The summed E-state index contributed by atoms with van der Waals surface area (Å²) in [7, 11) is 0.